The third-order valence-corrected chi connectivity index (χ3v) is 14.2. The van der Waals surface area contributed by atoms with E-state index in [1.54, 1.807) is 20.8 Å². The molecule has 11 atom stereocenters. The van der Waals surface area contributed by atoms with Crippen molar-refractivity contribution in [2.24, 2.45) is 28.6 Å². The lowest BCUT2D eigenvalue weighted by atomic mass is 9.44. The minimum atomic E-state index is -5.65. The van der Waals surface area contributed by atoms with Crippen LogP contribution in [0.1, 0.15) is 85.0 Å². The van der Waals surface area contributed by atoms with E-state index in [9.17, 15) is 48.4 Å². The van der Waals surface area contributed by atoms with E-state index < -0.39 is 98.3 Å². The van der Waals surface area contributed by atoms with E-state index in [1.807, 2.05) is 0 Å². The van der Waals surface area contributed by atoms with E-state index in [4.69, 9.17) is 9.26 Å². The van der Waals surface area contributed by atoms with Gasteiger partial charge in [0.05, 0.1) is 6.10 Å². The number of phosphoric ester groups is 1. The molecule has 0 aromatic heterocycles. The lowest BCUT2D eigenvalue weighted by Crippen LogP contribution is -2.70. The Morgan fingerprint density at radius 1 is 1.14 bits per heavy atom. The number of halogens is 1. The maximum absolute atomic E-state index is 17.6. The number of carbonyl (C=O) groups excluding carboxylic acids is 3. The van der Waals surface area contributed by atoms with Gasteiger partial charge < -0.3 is 34.9 Å². The van der Waals surface area contributed by atoms with Crippen LogP contribution in [0.2, 0.25) is 0 Å². The zero-order valence-corrected chi connectivity index (χ0v) is 30.7. The van der Waals surface area contributed by atoms with Crippen LogP contribution < -0.4 is 5.32 Å². The summed E-state index contributed by atoms with van der Waals surface area (Å²) in [7, 11) is -11.3. The largest absolute Gasteiger partial charge is 0.481 e. The minimum Gasteiger partial charge on any atom is -0.390 e. The van der Waals surface area contributed by atoms with Crippen LogP contribution in [0.3, 0.4) is 0 Å². The molecule has 3 unspecified atom stereocenters. The summed E-state index contributed by atoms with van der Waals surface area (Å²) in [4.78, 5) is 68.0. The van der Waals surface area contributed by atoms with Gasteiger partial charge in [0.15, 0.2) is 17.2 Å². The summed E-state index contributed by atoms with van der Waals surface area (Å²) in [6.45, 7) is 4.01. The predicted molar refractivity (Wildman–Crippen MR) is 179 cm³/mol. The molecule has 0 radical (unpaired) electrons. The molecule has 5 rings (SSSR count). The molecule has 0 bridgehead atoms. The van der Waals surface area contributed by atoms with Crippen LogP contribution >= 0.6 is 15.6 Å². The van der Waals surface area contributed by atoms with Crippen molar-refractivity contribution in [1.82, 2.24) is 5.32 Å². The number of nitrogens with one attached hydrogen (secondary N) is 1. The Morgan fingerprint density at radius 2 is 1.86 bits per heavy atom. The second kappa shape index (κ2) is 14.6. The number of phosphoric acid groups is 2. The third-order valence-electron chi connectivity index (χ3n) is 12.0. The monoisotopic (exact) mass is 759 g/mol. The molecule has 3 fully saturated rings. The van der Waals surface area contributed by atoms with Gasteiger partial charge in [-0.1, -0.05) is 37.8 Å². The molecular formula is C34H48FNO13P2. The Kier molecular flexibility index (Phi) is 11.5. The Hall–Kier alpha value is -2.08. The number of carbonyl (C=O) groups is 3. The van der Waals surface area contributed by atoms with Gasteiger partial charge in [-0.25, -0.2) is 13.5 Å². The number of hydrogen-bond donors (Lipinski definition) is 6. The second-order valence-electron chi connectivity index (χ2n) is 15.0. The topological polar surface area (TPSA) is 226 Å². The Morgan fingerprint density at radius 3 is 2.57 bits per heavy atom. The van der Waals surface area contributed by atoms with Crippen molar-refractivity contribution in [3.63, 3.8) is 0 Å². The van der Waals surface area contributed by atoms with Crippen LogP contribution in [-0.2, 0) is 37.1 Å². The highest BCUT2D eigenvalue weighted by molar-refractivity contribution is 7.60. The fraction of sp³-hybridized carbons (Fsp3) is 0.735. The highest BCUT2D eigenvalue weighted by Gasteiger charge is 2.76. The second-order valence-corrected chi connectivity index (χ2v) is 17.8. The lowest BCUT2D eigenvalue weighted by molar-refractivity contribution is -0.221. The SMILES string of the molecule is C[C@@H]1C[C@H]2[C@@H]3CCC4=CC(=O)C=C[C@]4(C)[C@@]3(F)[C@@H](O)C[C@]2(C)[C@@]1(O)C(=O)C(CCNC(=O)COC1C#CCCCCC1)OP(=O)(O)OP(=O)(O)O. The molecular weight excluding hydrogens is 711 g/mol. The predicted octanol–water partition coefficient (Wildman–Crippen LogP) is 3.36. The minimum absolute atomic E-state index is 0.125. The molecule has 0 spiro atoms. The number of rotatable bonds is 12. The number of aliphatic hydroxyl groups excluding tert-OH is 1. The molecule has 0 aliphatic heterocycles. The number of aliphatic hydroxyl groups is 2. The van der Waals surface area contributed by atoms with Crippen molar-refractivity contribution < 1.29 is 66.4 Å². The van der Waals surface area contributed by atoms with Gasteiger partial charge >= 0.3 is 15.6 Å². The van der Waals surface area contributed by atoms with Crippen molar-refractivity contribution in [2.75, 3.05) is 13.2 Å². The van der Waals surface area contributed by atoms with E-state index in [0.29, 0.717) is 18.4 Å². The Labute approximate surface area is 296 Å². The number of alkyl halides is 1. The number of fused-ring (bicyclic) bond motifs is 5. The van der Waals surface area contributed by atoms with Crippen LogP contribution in [0, 0.1) is 40.4 Å². The van der Waals surface area contributed by atoms with Crippen molar-refractivity contribution in [2.45, 2.75) is 115 Å². The fourth-order valence-corrected chi connectivity index (χ4v) is 11.3. The first kappa shape index (κ1) is 40.1. The highest BCUT2D eigenvalue weighted by Crippen LogP contribution is 2.71. The fourth-order valence-electron chi connectivity index (χ4n) is 9.54. The summed E-state index contributed by atoms with van der Waals surface area (Å²) in [5.41, 5.74) is -6.93. The number of allylic oxidation sites excluding steroid dienone is 4. The van der Waals surface area contributed by atoms with Gasteiger partial charge in [-0.15, -0.1) is 5.92 Å². The zero-order valence-electron chi connectivity index (χ0n) is 29.0. The first-order valence-corrected chi connectivity index (χ1v) is 20.4. The van der Waals surface area contributed by atoms with Gasteiger partial charge in [0.1, 0.15) is 24.4 Å². The summed E-state index contributed by atoms with van der Waals surface area (Å²) in [5.74, 6) is 1.51. The average Bonchev–Trinajstić information content (AvgIpc) is 3.20. The van der Waals surface area contributed by atoms with E-state index in [1.165, 1.54) is 18.2 Å². The zero-order chi connectivity index (χ0) is 37.6. The van der Waals surface area contributed by atoms with Gasteiger partial charge in [0, 0.05) is 29.7 Å². The Balaban J connectivity index is 1.38. The summed E-state index contributed by atoms with van der Waals surface area (Å²) >= 11 is 0. The molecule has 6 N–H and O–H groups in total. The molecule has 17 heteroatoms. The smallest absolute Gasteiger partial charge is 0.390 e. The molecule has 0 aromatic carbocycles. The van der Waals surface area contributed by atoms with Crippen LogP contribution in [0.25, 0.3) is 0 Å². The molecule has 0 saturated heterocycles. The van der Waals surface area contributed by atoms with Crippen molar-refractivity contribution >= 4 is 33.1 Å². The van der Waals surface area contributed by atoms with Gasteiger partial charge in [0.25, 0.3) is 0 Å². The quantitative estimate of drug-likeness (QED) is 0.124. The Bertz CT molecular complexity index is 1640. The number of ketones is 2. The van der Waals surface area contributed by atoms with Crippen LogP contribution in [0.5, 0.6) is 0 Å². The summed E-state index contributed by atoms with van der Waals surface area (Å²) in [5, 5.41) is 26.6. The molecule has 3 saturated carbocycles. The van der Waals surface area contributed by atoms with Crippen LogP contribution in [0.4, 0.5) is 4.39 Å². The van der Waals surface area contributed by atoms with Gasteiger partial charge in [0.2, 0.25) is 5.91 Å². The normalized spacial score (nSPS) is 39.4. The molecule has 1 amide bonds. The first-order valence-electron chi connectivity index (χ1n) is 17.4. The van der Waals surface area contributed by atoms with E-state index in [0.717, 1.165) is 25.7 Å². The van der Waals surface area contributed by atoms with Crippen molar-refractivity contribution in [3.05, 3.63) is 23.8 Å². The maximum Gasteiger partial charge on any atom is 0.481 e. The summed E-state index contributed by atoms with van der Waals surface area (Å²) in [6, 6.07) is 0. The van der Waals surface area contributed by atoms with E-state index in [2.05, 4.69) is 21.5 Å². The van der Waals surface area contributed by atoms with Gasteiger partial charge in [-0.2, -0.15) is 4.31 Å². The van der Waals surface area contributed by atoms with Gasteiger partial charge in [-0.3, -0.25) is 18.9 Å². The van der Waals surface area contributed by atoms with Crippen molar-refractivity contribution in [1.29, 1.82) is 0 Å². The van der Waals surface area contributed by atoms with Crippen LogP contribution in [0.15, 0.2) is 23.8 Å². The average molecular weight is 760 g/mol. The summed E-state index contributed by atoms with van der Waals surface area (Å²) in [6.07, 6.45) is 3.96. The third kappa shape index (κ3) is 7.52. The molecule has 284 valence electrons. The lowest BCUT2D eigenvalue weighted by Gasteiger charge is -2.62. The molecule has 0 heterocycles. The number of ether oxygens (including phenoxy) is 1. The van der Waals surface area contributed by atoms with E-state index in [-0.39, 0.29) is 31.8 Å². The highest BCUT2D eigenvalue weighted by atomic mass is 31.3. The van der Waals surface area contributed by atoms with Crippen molar-refractivity contribution in [3.8, 4) is 11.8 Å². The molecule has 14 nitrogen and oxygen atoms in total. The number of hydrogen-bond acceptors (Lipinski definition) is 10. The maximum atomic E-state index is 17.6. The standard InChI is InChI=1S/C34H48FNO13P2/c1-21-17-26-25-12-11-22-18-23(37)13-15-31(22,2)33(25,35)28(38)19-32(26,3)34(21,41)30(40)27(48-51(45,46)49-50(42,43)44)14-16-36-29(39)20-47-24-9-7-5-4-6-8-10-24/h13,15,18,21,24-28,38,41H,4-7,9,11-12,14,16-17,19-20H2,1-3H3,(H,36,39)(H,45,46)(H2,42,43,44)/t21-,24?,25+,26+,27?,28+,31+,32+,33+,34+/m1/s1. The number of Topliss-reactive ketones (excluding diaryl/α,β-unsaturated/α-hetero) is 1. The summed E-state index contributed by atoms with van der Waals surface area (Å²) < 4.78 is 56.4. The molecule has 51 heavy (non-hydrogen) atoms. The molecule has 5 aliphatic carbocycles. The van der Waals surface area contributed by atoms with Gasteiger partial charge in [-0.05, 0) is 82.3 Å². The van der Waals surface area contributed by atoms with E-state index >= 15 is 4.39 Å². The molecule has 5 aliphatic rings. The van der Waals surface area contributed by atoms with Crippen LogP contribution in [-0.4, -0.2) is 85.1 Å². The first-order chi connectivity index (χ1) is 23.7. The number of amides is 1. The molecule has 0 aromatic rings.